The summed E-state index contributed by atoms with van der Waals surface area (Å²) in [6, 6.07) is 7.13. The molecule has 0 aliphatic rings. The van der Waals surface area contributed by atoms with Gasteiger partial charge in [0.25, 0.3) is 5.91 Å². The van der Waals surface area contributed by atoms with Crippen LogP contribution in [0.3, 0.4) is 0 Å². The molecule has 0 aliphatic carbocycles. The van der Waals surface area contributed by atoms with Crippen LogP contribution in [0.2, 0.25) is 0 Å². The maximum atomic E-state index is 12.2. The molecule has 2 rings (SSSR count). The number of amides is 1. The molecule has 4 heteroatoms. The lowest BCUT2D eigenvalue weighted by Crippen LogP contribution is -2.24. The molecule has 0 saturated heterocycles. The second-order valence-electron chi connectivity index (χ2n) is 5.91. The van der Waals surface area contributed by atoms with Gasteiger partial charge in [-0.2, -0.15) is 0 Å². The van der Waals surface area contributed by atoms with Gasteiger partial charge in [-0.25, -0.2) is 0 Å². The number of phenols is 1. The van der Waals surface area contributed by atoms with E-state index in [4.69, 9.17) is 0 Å². The predicted octanol–water partition coefficient (Wildman–Crippen LogP) is 5.06. The molecule has 0 saturated carbocycles. The number of phenolic OH excluding ortho intramolecular Hbond substituents is 1. The van der Waals surface area contributed by atoms with Gasteiger partial charge in [0.1, 0.15) is 5.52 Å². The Morgan fingerprint density at radius 3 is 2.54 bits per heavy atom. The van der Waals surface area contributed by atoms with Crippen LogP contribution in [0.25, 0.3) is 10.9 Å². The highest BCUT2D eigenvalue weighted by Gasteiger charge is 2.13. The largest absolute Gasteiger partial charge is 0.505 e. The van der Waals surface area contributed by atoms with Crippen LogP contribution in [0, 0.1) is 0 Å². The Balaban J connectivity index is 0.00000288. The maximum Gasteiger partial charge on any atom is 0.255 e. The summed E-state index contributed by atoms with van der Waals surface area (Å²) < 4.78 is 0. The van der Waals surface area contributed by atoms with Crippen molar-refractivity contribution in [2.24, 2.45) is 0 Å². The number of nitrogens with zero attached hydrogens (tertiary/aromatic N) is 1. The minimum atomic E-state index is -0.235. The standard InChI is InChI=1S/C19H26N2O2.CH4/c1-2-3-4-5-6-7-8-13-21-19(23)16-12-11-15-10-9-14-20-17(15)18(16)22;/h9-12,14,22H,2-8,13H2,1H3,(H,21,23);1H4. The van der Waals surface area contributed by atoms with Crippen molar-refractivity contribution in [3.8, 4) is 5.75 Å². The Morgan fingerprint density at radius 1 is 1.08 bits per heavy atom. The van der Waals surface area contributed by atoms with Crippen molar-refractivity contribution >= 4 is 16.8 Å². The molecule has 24 heavy (non-hydrogen) atoms. The zero-order valence-electron chi connectivity index (χ0n) is 13.8. The number of nitrogens with one attached hydrogen (secondary N) is 1. The molecule has 0 aliphatic heterocycles. The number of hydrogen-bond donors (Lipinski definition) is 2. The highest BCUT2D eigenvalue weighted by molar-refractivity contribution is 6.02. The zero-order valence-corrected chi connectivity index (χ0v) is 13.8. The number of carbonyl (C=O) groups is 1. The van der Waals surface area contributed by atoms with Crippen LogP contribution in [-0.4, -0.2) is 22.5 Å². The number of rotatable bonds is 9. The normalized spacial score (nSPS) is 10.4. The van der Waals surface area contributed by atoms with E-state index in [0.29, 0.717) is 17.6 Å². The van der Waals surface area contributed by atoms with Crippen molar-refractivity contribution < 1.29 is 9.90 Å². The van der Waals surface area contributed by atoms with Crippen molar-refractivity contribution in [1.29, 1.82) is 0 Å². The van der Waals surface area contributed by atoms with E-state index >= 15 is 0 Å². The number of carbonyl (C=O) groups excluding carboxylic acids is 1. The SMILES string of the molecule is C.CCCCCCCCCNC(=O)c1ccc2cccnc2c1O. The summed E-state index contributed by atoms with van der Waals surface area (Å²) in [5.74, 6) is -0.277. The Morgan fingerprint density at radius 2 is 1.79 bits per heavy atom. The summed E-state index contributed by atoms with van der Waals surface area (Å²) in [6.45, 7) is 2.86. The molecular weight excluding hydrogens is 300 g/mol. The molecule has 1 aromatic heterocycles. The van der Waals surface area contributed by atoms with Crippen LogP contribution < -0.4 is 5.32 Å². The van der Waals surface area contributed by atoms with Gasteiger partial charge < -0.3 is 10.4 Å². The number of aromatic nitrogens is 1. The van der Waals surface area contributed by atoms with Crippen LogP contribution in [0.5, 0.6) is 5.75 Å². The molecule has 2 N–H and O–H groups in total. The predicted molar refractivity (Wildman–Crippen MR) is 100 cm³/mol. The smallest absolute Gasteiger partial charge is 0.255 e. The van der Waals surface area contributed by atoms with Gasteiger partial charge in [0.15, 0.2) is 5.75 Å². The Labute approximate surface area is 145 Å². The molecule has 0 atom stereocenters. The molecular formula is C20H30N2O2. The average molecular weight is 330 g/mol. The average Bonchev–Trinajstić information content (AvgIpc) is 2.57. The van der Waals surface area contributed by atoms with E-state index in [0.717, 1.165) is 18.2 Å². The van der Waals surface area contributed by atoms with Crippen LogP contribution >= 0.6 is 0 Å². The molecule has 1 aromatic carbocycles. The third-order valence-corrected chi connectivity index (χ3v) is 4.06. The van der Waals surface area contributed by atoms with Crippen LogP contribution in [0.15, 0.2) is 30.5 Å². The van der Waals surface area contributed by atoms with E-state index < -0.39 is 0 Å². The molecule has 1 amide bonds. The first-order chi connectivity index (χ1) is 11.2. The first-order valence-electron chi connectivity index (χ1n) is 8.59. The molecule has 1 heterocycles. The first-order valence-corrected chi connectivity index (χ1v) is 8.59. The van der Waals surface area contributed by atoms with E-state index in [1.807, 2.05) is 18.2 Å². The lowest BCUT2D eigenvalue weighted by molar-refractivity contribution is 0.0950. The summed E-state index contributed by atoms with van der Waals surface area (Å²) in [7, 11) is 0. The number of benzene rings is 1. The van der Waals surface area contributed by atoms with Gasteiger partial charge in [0, 0.05) is 18.1 Å². The van der Waals surface area contributed by atoms with Gasteiger partial charge in [-0.1, -0.05) is 65.0 Å². The Hall–Kier alpha value is -2.10. The second kappa shape index (κ2) is 10.6. The third-order valence-electron chi connectivity index (χ3n) is 4.06. The molecule has 4 nitrogen and oxygen atoms in total. The van der Waals surface area contributed by atoms with E-state index in [-0.39, 0.29) is 19.1 Å². The third kappa shape index (κ3) is 5.52. The number of unbranched alkanes of at least 4 members (excludes halogenated alkanes) is 6. The summed E-state index contributed by atoms with van der Waals surface area (Å²) in [4.78, 5) is 16.3. The Kier molecular flexibility index (Phi) is 8.84. The minimum Gasteiger partial charge on any atom is -0.505 e. The summed E-state index contributed by atoms with van der Waals surface area (Å²) in [5, 5.41) is 13.9. The van der Waals surface area contributed by atoms with E-state index in [9.17, 15) is 9.90 Å². The lowest BCUT2D eigenvalue weighted by Gasteiger charge is -2.08. The van der Waals surface area contributed by atoms with E-state index in [1.54, 1.807) is 12.3 Å². The van der Waals surface area contributed by atoms with Gasteiger partial charge in [0.05, 0.1) is 5.56 Å². The lowest BCUT2D eigenvalue weighted by atomic mass is 10.1. The van der Waals surface area contributed by atoms with Gasteiger partial charge >= 0.3 is 0 Å². The van der Waals surface area contributed by atoms with Gasteiger partial charge in [-0.15, -0.1) is 0 Å². The molecule has 0 fully saturated rings. The Bertz CT molecular complexity index is 641. The number of hydrogen-bond acceptors (Lipinski definition) is 3. The zero-order chi connectivity index (χ0) is 16.5. The van der Waals surface area contributed by atoms with E-state index in [2.05, 4.69) is 17.2 Å². The maximum absolute atomic E-state index is 12.2. The van der Waals surface area contributed by atoms with Crippen LogP contribution in [0.1, 0.15) is 69.7 Å². The fraction of sp³-hybridized carbons (Fsp3) is 0.500. The second-order valence-corrected chi connectivity index (χ2v) is 5.91. The fourth-order valence-corrected chi connectivity index (χ4v) is 2.69. The molecule has 132 valence electrons. The van der Waals surface area contributed by atoms with Gasteiger partial charge in [0.2, 0.25) is 0 Å². The topological polar surface area (TPSA) is 62.2 Å². The summed E-state index contributed by atoms with van der Waals surface area (Å²) in [6.07, 6.45) is 10.1. The molecule has 0 radical (unpaired) electrons. The highest BCUT2D eigenvalue weighted by atomic mass is 16.3. The van der Waals surface area contributed by atoms with Crippen LogP contribution in [0.4, 0.5) is 0 Å². The van der Waals surface area contributed by atoms with Crippen LogP contribution in [-0.2, 0) is 0 Å². The highest BCUT2D eigenvalue weighted by Crippen LogP contribution is 2.26. The fourth-order valence-electron chi connectivity index (χ4n) is 2.69. The monoisotopic (exact) mass is 330 g/mol. The van der Waals surface area contributed by atoms with Crippen molar-refractivity contribution in [2.45, 2.75) is 59.3 Å². The molecule has 0 spiro atoms. The van der Waals surface area contributed by atoms with Gasteiger partial charge in [-0.05, 0) is 18.6 Å². The number of pyridine rings is 1. The quantitative estimate of drug-likeness (QED) is 0.632. The van der Waals surface area contributed by atoms with E-state index in [1.165, 1.54) is 32.1 Å². The van der Waals surface area contributed by atoms with Crippen molar-refractivity contribution in [3.05, 3.63) is 36.0 Å². The number of aromatic hydroxyl groups is 1. The van der Waals surface area contributed by atoms with Crippen molar-refractivity contribution in [2.75, 3.05) is 6.54 Å². The minimum absolute atomic E-state index is 0. The first kappa shape index (κ1) is 19.9. The summed E-state index contributed by atoms with van der Waals surface area (Å²) in [5.41, 5.74) is 0.759. The number of fused-ring (bicyclic) bond motifs is 1. The molecule has 0 bridgehead atoms. The molecule has 2 aromatic rings. The van der Waals surface area contributed by atoms with Crippen molar-refractivity contribution in [1.82, 2.24) is 10.3 Å². The molecule has 0 unspecified atom stereocenters. The summed E-state index contributed by atoms with van der Waals surface area (Å²) >= 11 is 0. The van der Waals surface area contributed by atoms with Crippen molar-refractivity contribution in [3.63, 3.8) is 0 Å². The van der Waals surface area contributed by atoms with Gasteiger partial charge in [-0.3, -0.25) is 9.78 Å².